The fourth-order valence-corrected chi connectivity index (χ4v) is 2.77. The van der Waals surface area contributed by atoms with E-state index < -0.39 is 0 Å². The number of carbonyl (C=O) groups is 1. The molecule has 1 heterocycles. The van der Waals surface area contributed by atoms with Gasteiger partial charge in [-0.3, -0.25) is 4.79 Å². The first kappa shape index (κ1) is 14.4. The number of nitrogen functional groups attached to an aromatic ring is 1. The van der Waals surface area contributed by atoms with Crippen LogP contribution in [0.4, 0.5) is 21.5 Å². The fraction of sp³-hybridized carbons (Fsp3) is 0.235. The van der Waals surface area contributed by atoms with Gasteiger partial charge in [0.25, 0.3) is 0 Å². The number of hydrogen-bond donors (Lipinski definition) is 2. The molecule has 2 aromatic carbocycles. The molecule has 0 unspecified atom stereocenters. The number of anilines is 3. The van der Waals surface area contributed by atoms with Crippen LogP contribution < -0.4 is 16.0 Å². The third kappa shape index (κ3) is 3.19. The van der Waals surface area contributed by atoms with Gasteiger partial charge in [-0.15, -0.1) is 0 Å². The van der Waals surface area contributed by atoms with Crippen molar-refractivity contribution in [1.29, 1.82) is 0 Å². The molecule has 0 saturated carbocycles. The molecule has 5 heteroatoms. The second kappa shape index (κ2) is 6.05. The predicted octanol–water partition coefficient (Wildman–Crippen LogP) is 2.80. The summed E-state index contributed by atoms with van der Waals surface area (Å²) >= 11 is 0. The molecule has 0 radical (unpaired) electrons. The Labute approximate surface area is 128 Å². The number of rotatable bonds is 3. The number of hydrogen-bond acceptors (Lipinski definition) is 3. The Kier molecular flexibility index (Phi) is 3.96. The molecule has 0 aromatic heterocycles. The maximum atomic E-state index is 12.9. The zero-order valence-electron chi connectivity index (χ0n) is 12.2. The average Bonchev–Trinajstić information content (AvgIpc) is 2.49. The highest BCUT2D eigenvalue weighted by Crippen LogP contribution is 2.28. The van der Waals surface area contributed by atoms with Gasteiger partial charge in [0.15, 0.2) is 0 Å². The molecule has 114 valence electrons. The molecule has 0 atom stereocenters. The summed E-state index contributed by atoms with van der Waals surface area (Å²) in [7, 11) is 0. The average molecular weight is 299 g/mol. The van der Waals surface area contributed by atoms with Crippen molar-refractivity contribution in [3.8, 4) is 0 Å². The number of halogens is 1. The molecule has 3 rings (SSSR count). The van der Waals surface area contributed by atoms with Crippen LogP contribution in [0, 0.1) is 5.82 Å². The number of benzene rings is 2. The second-order valence-electron chi connectivity index (χ2n) is 5.47. The Morgan fingerprint density at radius 3 is 2.77 bits per heavy atom. The number of carbonyl (C=O) groups excluding carboxylic acids is 1. The molecule has 0 saturated heterocycles. The van der Waals surface area contributed by atoms with Crippen molar-refractivity contribution in [3.63, 3.8) is 0 Å². The first-order chi connectivity index (χ1) is 10.6. The number of nitrogens with zero attached hydrogens (tertiary/aromatic N) is 1. The minimum absolute atomic E-state index is 0.115. The summed E-state index contributed by atoms with van der Waals surface area (Å²) in [6, 6.07) is 11.6. The van der Waals surface area contributed by atoms with E-state index in [1.54, 1.807) is 12.1 Å². The van der Waals surface area contributed by atoms with Crippen LogP contribution in [0.15, 0.2) is 42.5 Å². The van der Waals surface area contributed by atoms with Gasteiger partial charge in [0.2, 0.25) is 5.91 Å². The number of amides is 1. The van der Waals surface area contributed by atoms with Gasteiger partial charge >= 0.3 is 0 Å². The van der Waals surface area contributed by atoms with Crippen LogP contribution in [-0.2, 0) is 11.2 Å². The van der Waals surface area contributed by atoms with Crippen molar-refractivity contribution in [1.82, 2.24) is 0 Å². The lowest BCUT2D eigenvalue weighted by Gasteiger charge is -2.30. The van der Waals surface area contributed by atoms with Crippen LogP contribution in [0.3, 0.4) is 0 Å². The quantitative estimate of drug-likeness (QED) is 0.857. The van der Waals surface area contributed by atoms with Crippen molar-refractivity contribution in [3.05, 3.63) is 53.8 Å². The van der Waals surface area contributed by atoms with Crippen LogP contribution in [0.25, 0.3) is 0 Å². The first-order valence-electron chi connectivity index (χ1n) is 7.30. The standard InChI is InChI=1S/C17H18FN3O/c18-13-3-6-15(7-4-13)20-17(22)11-21-9-1-2-12-10-14(19)5-8-16(12)21/h3-8,10H,1-2,9,11,19H2,(H,20,22). The topological polar surface area (TPSA) is 58.4 Å². The maximum Gasteiger partial charge on any atom is 0.243 e. The lowest BCUT2D eigenvalue weighted by atomic mass is 10.0. The van der Waals surface area contributed by atoms with Crippen LogP contribution in [0.2, 0.25) is 0 Å². The zero-order chi connectivity index (χ0) is 15.5. The van der Waals surface area contributed by atoms with Crippen molar-refractivity contribution in [2.45, 2.75) is 12.8 Å². The Balaban J connectivity index is 1.69. The zero-order valence-corrected chi connectivity index (χ0v) is 12.2. The molecule has 3 N–H and O–H groups in total. The van der Waals surface area contributed by atoms with E-state index in [0.717, 1.165) is 30.8 Å². The van der Waals surface area contributed by atoms with Gasteiger partial charge in [-0.2, -0.15) is 0 Å². The van der Waals surface area contributed by atoms with E-state index >= 15 is 0 Å². The van der Waals surface area contributed by atoms with Crippen molar-refractivity contribution in [2.75, 3.05) is 29.0 Å². The maximum absolute atomic E-state index is 12.9. The van der Waals surface area contributed by atoms with Gasteiger partial charge in [-0.25, -0.2) is 4.39 Å². The number of nitrogens with two attached hydrogens (primary N) is 1. The van der Waals surface area contributed by atoms with Crippen LogP contribution in [-0.4, -0.2) is 19.0 Å². The summed E-state index contributed by atoms with van der Waals surface area (Å²) in [5.74, 6) is -0.433. The van der Waals surface area contributed by atoms with Gasteiger partial charge in [-0.05, 0) is 60.9 Å². The lowest BCUT2D eigenvalue weighted by molar-refractivity contribution is -0.115. The van der Waals surface area contributed by atoms with E-state index in [2.05, 4.69) is 10.2 Å². The largest absolute Gasteiger partial charge is 0.399 e. The molecular formula is C17H18FN3O. The smallest absolute Gasteiger partial charge is 0.243 e. The lowest BCUT2D eigenvalue weighted by Crippen LogP contribution is -2.36. The molecule has 0 spiro atoms. The van der Waals surface area contributed by atoms with Crippen molar-refractivity contribution in [2.24, 2.45) is 0 Å². The van der Waals surface area contributed by atoms with Crippen molar-refractivity contribution < 1.29 is 9.18 Å². The van der Waals surface area contributed by atoms with Gasteiger partial charge in [0.05, 0.1) is 6.54 Å². The third-order valence-electron chi connectivity index (χ3n) is 3.78. The molecule has 4 nitrogen and oxygen atoms in total. The number of nitrogens with one attached hydrogen (secondary N) is 1. The molecule has 1 amide bonds. The molecular weight excluding hydrogens is 281 g/mol. The number of fused-ring (bicyclic) bond motifs is 1. The Hall–Kier alpha value is -2.56. The van der Waals surface area contributed by atoms with E-state index in [-0.39, 0.29) is 18.3 Å². The minimum Gasteiger partial charge on any atom is -0.399 e. The van der Waals surface area contributed by atoms with Gasteiger partial charge in [0, 0.05) is 23.6 Å². The van der Waals surface area contributed by atoms with E-state index in [1.807, 2.05) is 18.2 Å². The Bertz CT molecular complexity index is 685. The molecule has 22 heavy (non-hydrogen) atoms. The summed E-state index contributed by atoms with van der Waals surface area (Å²) in [6.45, 7) is 1.11. The Morgan fingerprint density at radius 1 is 1.23 bits per heavy atom. The van der Waals surface area contributed by atoms with Crippen LogP contribution >= 0.6 is 0 Å². The monoisotopic (exact) mass is 299 g/mol. The van der Waals surface area contributed by atoms with Crippen molar-refractivity contribution >= 4 is 23.0 Å². The third-order valence-corrected chi connectivity index (χ3v) is 3.78. The molecule has 1 aliphatic heterocycles. The molecule has 1 aliphatic rings. The predicted molar refractivity (Wildman–Crippen MR) is 86.4 cm³/mol. The van der Waals surface area contributed by atoms with E-state index in [4.69, 9.17) is 5.73 Å². The fourth-order valence-electron chi connectivity index (χ4n) is 2.77. The number of aryl methyl sites for hydroxylation is 1. The SMILES string of the molecule is Nc1ccc2c(c1)CCCN2CC(=O)Nc1ccc(F)cc1. The highest BCUT2D eigenvalue weighted by Gasteiger charge is 2.19. The molecule has 0 bridgehead atoms. The molecule has 0 fully saturated rings. The molecule has 0 aliphatic carbocycles. The minimum atomic E-state index is -0.319. The summed E-state index contributed by atoms with van der Waals surface area (Å²) < 4.78 is 12.9. The normalized spacial score (nSPS) is 13.6. The Morgan fingerprint density at radius 2 is 2.00 bits per heavy atom. The second-order valence-corrected chi connectivity index (χ2v) is 5.47. The summed E-state index contributed by atoms with van der Waals surface area (Å²) in [6.07, 6.45) is 1.98. The van der Waals surface area contributed by atoms with Crippen LogP contribution in [0.5, 0.6) is 0 Å². The van der Waals surface area contributed by atoms with E-state index in [9.17, 15) is 9.18 Å². The van der Waals surface area contributed by atoms with Crippen LogP contribution in [0.1, 0.15) is 12.0 Å². The highest BCUT2D eigenvalue weighted by molar-refractivity contribution is 5.94. The summed E-state index contributed by atoms with van der Waals surface area (Å²) in [4.78, 5) is 14.2. The van der Waals surface area contributed by atoms with Gasteiger partial charge < -0.3 is 16.0 Å². The van der Waals surface area contributed by atoms with E-state index in [0.29, 0.717) is 5.69 Å². The van der Waals surface area contributed by atoms with Gasteiger partial charge in [-0.1, -0.05) is 0 Å². The molecule has 2 aromatic rings. The summed E-state index contributed by atoms with van der Waals surface area (Å²) in [5, 5.41) is 2.79. The first-order valence-corrected chi connectivity index (χ1v) is 7.30. The highest BCUT2D eigenvalue weighted by atomic mass is 19.1. The van der Waals surface area contributed by atoms with E-state index in [1.165, 1.54) is 17.7 Å². The van der Waals surface area contributed by atoms with Gasteiger partial charge in [0.1, 0.15) is 5.82 Å². The summed E-state index contributed by atoms with van der Waals surface area (Å²) in [5.41, 5.74) is 9.41.